The van der Waals surface area contributed by atoms with Gasteiger partial charge >= 0.3 is 0 Å². The van der Waals surface area contributed by atoms with Crippen LogP contribution >= 0.6 is 23.6 Å². The van der Waals surface area contributed by atoms with Crippen LogP contribution in [0.3, 0.4) is 0 Å². The molecule has 7 nitrogen and oxygen atoms in total. The van der Waals surface area contributed by atoms with Crippen molar-refractivity contribution in [1.29, 1.82) is 0 Å². The van der Waals surface area contributed by atoms with E-state index in [9.17, 15) is 9.59 Å². The van der Waals surface area contributed by atoms with E-state index in [0.717, 1.165) is 16.2 Å². The van der Waals surface area contributed by atoms with Gasteiger partial charge in [-0.1, -0.05) is 18.2 Å². The number of carbonyl (C=O) groups excluding carboxylic acids is 2. The van der Waals surface area contributed by atoms with Crippen molar-refractivity contribution in [3.63, 3.8) is 0 Å². The van der Waals surface area contributed by atoms with E-state index in [1.165, 1.54) is 11.3 Å². The van der Waals surface area contributed by atoms with E-state index in [4.69, 9.17) is 27.4 Å². The Morgan fingerprint density at radius 2 is 1.56 bits per heavy atom. The maximum Gasteiger partial charge on any atom is 0.257 e. The molecule has 3 aromatic rings. The van der Waals surface area contributed by atoms with E-state index in [1.54, 1.807) is 24.3 Å². The highest BCUT2D eigenvalue weighted by molar-refractivity contribution is 7.80. The van der Waals surface area contributed by atoms with Crippen LogP contribution < -0.4 is 25.8 Å². The SMILES string of the molecule is Cc1sc(NC(=S)NC(=O)c2ccc(OCCOc3ccccc3)cc2)c(C(N)=O)c1C. The molecule has 0 fully saturated rings. The third kappa shape index (κ3) is 6.05. The van der Waals surface area contributed by atoms with Crippen molar-refractivity contribution in [3.05, 3.63) is 76.2 Å². The van der Waals surface area contributed by atoms with Crippen LogP contribution in [0.2, 0.25) is 0 Å². The highest BCUT2D eigenvalue weighted by atomic mass is 32.1. The molecule has 9 heteroatoms. The molecule has 0 spiro atoms. The van der Waals surface area contributed by atoms with Crippen LogP contribution in [0.4, 0.5) is 5.00 Å². The highest BCUT2D eigenvalue weighted by Gasteiger charge is 2.18. The molecule has 166 valence electrons. The molecule has 0 saturated heterocycles. The first kappa shape index (κ1) is 23.2. The number of thiophene rings is 1. The molecule has 3 rings (SSSR count). The molecule has 2 amide bonds. The van der Waals surface area contributed by atoms with E-state index in [2.05, 4.69) is 10.6 Å². The van der Waals surface area contributed by atoms with E-state index in [1.807, 2.05) is 44.2 Å². The number of benzene rings is 2. The van der Waals surface area contributed by atoms with Crippen LogP contribution in [0.5, 0.6) is 11.5 Å². The van der Waals surface area contributed by atoms with Crippen molar-refractivity contribution in [2.45, 2.75) is 13.8 Å². The minimum absolute atomic E-state index is 0.0807. The summed E-state index contributed by atoms with van der Waals surface area (Å²) in [6, 6.07) is 16.2. The molecule has 0 aliphatic rings. The average molecular weight is 470 g/mol. The van der Waals surface area contributed by atoms with Gasteiger partial charge in [0.15, 0.2) is 5.11 Å². The number of amides is 2. The molecule has 2 aromatic carbocycles. The van der Waals surface area contributed by atoms with Crippen molar-refractivity contribution in [2.24, 2.45) is 5.73 Å². The van der Waals surface area contributed by atoms with E-state index >= 15 is 0 Å². The molecule has 0 aliphatic heterocycles. The van der Waals surface area contributed by atoms with E-state index in [0.29, 0.717) is 35.1 Å². The van der Waals surface area contributed by atoms with Gasteiger partial charge in [-0.2, -0.15) is 0 Å². The van der Waals surface area contributed by atoms with Gasteiger partial charge in [-0.05, 0) is 68.0 Å². The molecule has 1 heterocycles. The summed E-state index contributed by atoms with van der Waals surface area (Å²) in [4.78, 5) is 25.1. The molecular formula is C23H23N3O4S2. The Hall–Kier alpha value is -3.43. The van der Waals surface area contributed by atoms with E-state index in [-0.39, 0.29) is 11.0 Å². The summed E-state index contributed by atoms with van der Waals surface area (Å²) in [5.41, 5.74) is 7.05. The normalized spacial score (nSPS) is 10.3. The Kier molecular flexibility index (Phi) is 7.80. The summed E-state index contributed by atoms with van der Waals surface area (Å²) in [6.07, 6.45) is 0. The molecule has 0 unspecified atom stereocenters. The Morgan fingerprint density at radius 3 is 2.16 bits per heavy atom. The van der Waals surface area contributed by atoms with Gasteiger partial charge in [0.1, 0.15) is 29.7 Å². The molecule has 0 bridgehead atoms. The van der Waals surface area contributed by atoms with Crippen molar-refractivity contribution in [3.8, 4) is 11.5 Å². The Balaban J connectivity index is 1.49. The molecule has 0 atom stereocenters. The highest BCUT2D eigenvalue weighted by Crippen LogP contribution is 2.31. The standard InChI is InChI=1S/C23H23N3O4S2/c1-14-15(2)32-22(19(14)20(24)27)26-23(31)25-21(28)16-8-10-18(11-9-16)30-13-12-29-17-6-4-3-5-7-17/h3-11H,12-13H2,1-2H3,(H2,24,27)(H2,25,26,28,31). The number of para-hydroxylation sites is 1. The van der Waals surface area contributed by atoms with Crippen LogP contribution in [0.1, 0.15) is 31.2 Å². The first-order valence-electron chi connectivity index (χ1n) is 9.78. The minimum Gasteiger partial charge on any atom is -0.490 e. The number of anilines is 1. The second kappa shape index (κ2) is 10.7. The van der Waals surface area contributed by atoms with Gasteiger partial charge < -0.3 is 20.5 Å². The summed E-state index contributed by atoms with van der Waals surface area (Å²) >= 11 is 6.57. The van der Waals surface area contributed by atoms with Crippen molar-refractivity contribution < 1.29 is 19.1 Å². The fourth-order valence-corrected chi connectivity index (χ4v) is 4.19. The zero-order valence-electron chi connectivity index (χ0n) is 17.6. The number of nitrogens with two attached hydrogens (primary N) is 1. The predicted molar refractivity (Wildman–Crippen MR) is 130 cm³/mol. The Bertz CT molecular complexity index is 1110. The van der Waals surface area contributed by atoms with Gasteiger partial charge in [0.05, 0.1) is 5.56 Å². The number of rotatable bonds is 8. The smallest absolute Gasteiger partial charge is 0.257 e. The molecule has 4 N–H and O–H groups in total. The lowest BCUT2D eigenvalue weighted by Gasteiger charge is -2.11. The second-order valence-corrected chi connectivity index (χ2v) is 8.43. The quantitative estimate of drug-likeness (QED) is 0.340. The predicted octanol–water partition coefficient (Wildman–Crippen LogP) is 4.05. The number of thiocarbonyl (C=S) groups is 1. The van der Waals surface area contributed by atoms with Gasteiger partial charge in [-0.3, -0.25) is 14.9 Å². The molecule has 1 aromatic heterocycles. The topological polar surface area (TPSA) is 103 Å². The van der Waals surface area contributed by atoms with Crippen molar-refractivity contribution in [2.75, 3.05) is 18.5 Å². The lowest BCUT2D eigenvalue weighted by molar-refractivity contribution is 0.0975. The minimum atomic E-state index is -0.548. The Morgan fingerprint density at radius 1 is 0.969 bits per heavy atom. The number of aryl methyl sites for hydroxylation is 1. The Labute approximate surface area is 195 Å². The first-order chi connectivity index (χ1) is 15.3. The third-order valence-electron chi connectivity index (χ3n) is 4.57. The van der Waals surface area contributed by atoms with Gasteiger partial charge in [-0.25, -0.2) is 0 Å². The number of carbonyl (C=O) groups is 2. The van der Waals surface area contributed by atoms with Crippen LogP contribution in [0.25, 0.3) is 0 Å². The summed E-state index contributed by atoms with van der Waals surface area (Å²) in [7, 11) is 0. The number of nitrogens with one attached hydrogen (secondary N) is 2. The van der Waals surface area contributed by atoms with Gasteiger partial charge in [0.2, 0.25) is 0 Å². The average Bonchev–Trinajstić information content (AvgIpc) is 3.05. The van der Waals surface area contributed by atoms with Crippen molar-refractivity contribution in [1.82, 2.24) is 5.32 Å². The molecule has 0 aliphatic carbocycles. The number of primary amides is 1. The summed E-state index contributed by atoms with van der Waals surface area (Å²) in [5.74, 6) is 0.471. The lowest BCUT2D eigenvalue weighted by atomic mass is 10.1. The lowest BCUT2D eigenvalue weighted by Crippen LogP contribution is -2.34. The van der Waals surface area contributed by atoms with Gasteiger partial charge in [-0.15, -0.1) is 11.3 Å². The monoisotopic (exact) mass is 469 g/mol. The number of hydrogen-bond acceptors (Lipinski definition) is 6. The fourth-order valence-electron chi connectivity index (χ4n) is 2.86. The first-order valence-corrected chi connectivity index (χ1v) is 11.0. The molecule has 32 heavy (non-hydrogen) atoms. The largest absolute Gasteiger partial charge is 0.490 e. The molecule has 0 saturated carbocycles. The maximum atomic E-state index is 12.5. The third-order valence-corrected chi connectivity index (χ3v) is 5.89. The number of ether oxygens (including phenoxy) is 2. The van der Waals surface area contributed by atoms with Gasteiger partial charge in [0.25, 0.3) is 11.8 Å². The zero-order chi connectivity index (χ0) is 23.1. The fraction of sp³-hybridized carbons (Fsp3) is 0.174. The second-order valence-electron chi connectivity index (χ2n) is 6.79. The van der Waals surface area contributed by atoms with Crippen molar-refractivity contribution >= 4 is 45.5 Å². The summed E-state index contributed by atoms with van der Waals surface area (Å²) < 4.78 is 11.2. The van der Waals surface area contributed by atoms with Crippen LogP contribution in [0.15, 0.2) is 54.6 Å². The van der Waals surface area contributed by atoms with Gasteiger partial charge in [0, 0.05) is 10.4 Å². The van der Waals surface area contributed by atoms with E-state index < -0.39 is 5.91 Å². The van der Waals surface area contributed by atoms with Crippen LogP contribution in [-0.4, -0.2) is 30.1 Å². The van der Waals surface area contributed by atoms with Crippen LogP contribution in [-0.2, 0) is 0 Å². The molecule has 0 radical (unpaired) electrons. The number of hydrogen-bond donors (Lipinski definition) is 3. The summed E-state index contributed by atoms with van der Waals surface area (Å²) in [5, 5.41) is 6.09. The molecular weight excluding hydrogens is 446 g/mol. The zero-order valence-corrected chi connectivity index (χ0v) is 19.3. The van der Waals surface area contributed by atoms with Crippen LogP contribution in [0, 0.1) is 13.8 Å². The maximum absolute atomic E-state index is 12.5. The summed E-state index contributed by atoms with van der Waals surface area (Å²) in [6.45, 7) is 4.48.